The van der Waals surface area contributed by atoms with Gasteiger partial charge in [-0.3, -0.25) is 4.98 Å². The van der Waals surface area contributed by atoms with Crippen molar-refractivity contribution in [3.8, 4) is 0 Å². The third kappa shape index (κ3) is 5.88. The second-order valence-corrected chi connectivity index (χ2v) is 7.40. The molecule has 5 nitrogen and oxygen atoms in total. The number of anilines is 1. The molecule has 0 aliphatic rings. The minimum absolute atomic E-state index is 0.613. The lowest BCUT2D eigenvalue weighted by Gasteiger charge is -2.29. The highest BCUT2D eigenvalue weighted by molar-refractivity contribution is 6.60. The molecule has 0 aromatic carbocycles. The smallest absolute Gasteiger partial charge is 0.374 e. The van der Waals surface area contributed by atoms with Crippen molar-refractivity contribution in [3.63, 3.8) is 0 Å². The number of hydrogen-bond acceptors (Lipinski definition) is 5. The van der Waals surface area contributed by atoms with E-state index in [1.165, 1.54) is 0 Å². The van der Waals surface area contributed by atoms with E-state index in [0.29, 0.717) is 19.8 Å². The first-order chi connectivity index (χ1) is 10.7. The van der Waals surface area contributed by atoms with Gasteiger partial charge in [0.15, 0.2) is 0 Å². The molecule has 6 heteroatoms. The largest absolute Gasteiger partial charge is 0.500 e. The van der Waals surface area contributed by atoms with Crippen LogP contribution in [0.5, 0.6) is 0 Å². The number of pyridine rings is 1. The highest BCUT2D eigenvalue weighted by Crippen LogP contribution is 2.20. The molecular formula is C16H28N2O3Si. The van der Waals surface area contributed by atoms with Crippen LogP contribution >= 0.6 is 0 Å². The Hall–Kier alpha value is -1.21. The van der Waals surface area contributed by atoms with Crippen LogP contribution in [0.3, 0.4) is 0 Å². The van der Waals surface area contributed by atoms with Gasteiger partial charge in [-0.15, -0.1) is 0 Å². The highest BCUT2D eigenvalue weighted by atomic mass is 28.4. The van der Waals surface area contributed by atoms with Crippen LogP contribution in [-0.4, -0.2) is 40.2 Å². The number of aromatic nitrogens is 1. The highest BCUT2D eigenvalue weighted by Gasteiger charge is 2.39. The minimum atomic E-state index is -2.55. The van der Waals surface area contributed by atoms with Crippen molar-refractivity contribution in [2.24, 2.45) is 0 Å². The maximum absolute atomic E-state index is 5.87. The van der Waals surface area contributed by atoms with Crippen molar-refractivity contribution in [1.82, 2.24) is 4.98 Å². The normalized spacial score (nSPS) is 11.4. The van der Waals surface area contributed by atoms with Crippen molar-refractivity contribution in [1.29, 1.82) is 0 Å². The van der Waals surface area contributed by atoms with Gasteiger partial charge >= 0.3 is 8.80 Å². The minimum Gasteiger partial charge on any atom is -0.374 e. The average molecular weight is 324 g/mol. The Labute approximate surface area is 135 Å². The maximum atomic E-state index is 5.87. The first-order valence-corrected chi connectivity index (χ1v) is 9.85. The lowest BCUT2D eigenvalue weighted by atomic mass is 10.3. The van der Waals surface area contributed by atoms with Gasteiger partial charge in [-0.1, -0.05) is 6.58 Å². The Morgan fingerprint density at radius 1 is 1.09 bits per heavy atom. The van der Waals surface area contributed by atoms with E-state index in [1.54, 1.807) is 12.4 Å². The van der Waals surface area contributed by atoms with E-state index in [2.05, 4.69) is 16.5 Å². The van der Waals surface area contributed by atoms with Gasteiger partial charge < -0.3 is 18.2 Å². The van der Waals surface area contributed by atoms with E-state index in [4.69, 9.17) is 13.3 Å². The summed E-state index contributed by atoms with van der Waals surface area (Å²) in [5, 5.41) is 0. The quantitative estimate of drug-likeness (QED) is 0.551. The van der Waals surface area contributed by atoms with Crippen molar-refractivity contribution >= 4 is 14.5 Å². The molecule has 0 amide bonds. The molecule has 1 rings (SSSR count). The fourth-order valence-electron chi connectivity index (χ4n) is 2.33. The summed E-state index contributed by atoms with van der Waals surface area (Å²) in [6.07, 6.45) is 6.32. The van der Waals surface area contributed by atoms with E-state index < -0.39 is 8.80 Å². The summed E-state index contributed by atoms with van der Waals surface area (Å²) in [5.74, 6) is 0. The monoisotopic (exact) mass is 324 g/mol. The second-order valence-electron chi connectivity index (χ2n) is 4.67. The Morgan fingerprint density at radius 3 is 2.09 bits per heavy atom. The predicted molar refractivity (Wildman–Crippen MR) is 91.8 cm³/mol. The van der Waals surface area contributed by atoms with Gasteiger partial charge in [0.05, 0.1) is 0 Å². The van der Waals surface area contributed by atoms with Crippen molar-refractivity contribution in [2.75, 3.05) is 31.3 Å². The molecule has 0 saturated heterocycles. The van der Waals surface area contributed by atoms with Gasteiger partial charge in [0, 0.05) is 50.5 Å². The third-order valence-electron chi connectivity index (χ3n) is 3.19. The van der Waals surface area contributed by atoms with E-state index in [0.717, 1.165) is 24.7 Å². The Kier molecular flexibility index (Phi) is 8.99. The van der Waals surface area contributed by atoms with Gasteiger partial charge in [-0.2, -0.15) is 0 Å². The predicted octanol–water partition coefficient (Wildman–Crippen LogP) is 3.47. The molecule has 0 spiro atoms. The lowest BCUT2D eigenvalue weighted by Crippen LogP contribution is -2.46. The van der Waals surface area contributed by atoms with Gasteiger partial charge in [0.2, 0.25) is 0 Å². The fourth-order valence-corrected chi connectivity index (χ4v) is 4.92. The summed E-state index contributed by atoms with van der Waals surface area (Å²) in [7, 11) is -2.55. The fraction of sp³-hybridized carbons (Fsp3) is 0.562. The standard InChI is InChI=1S/C16H28N2O3Si/c1-5-18(16-10-12-17-13-11-16)14-9-15-22(19-6-2,20-7-3)21-8-4/h5,10-13H,1,6-9,14-15H2,2-4H3. The molecule has 1 aromatic heterocycles. The Bertz CT molecular complexity index is 400. The van der Waals surface area contributed by atoms with Gasteiger partial charge in [0.25, 0.3) is 0 Å². The summed E-state index contributed by atoms with van der Waals surface area (Å²) in [6, 6.07) is 4.75. The van der Waals surface area contributed by atoms with Crippen LogP contribution in [0.2, 0.25) is 6.04 Å². The van der Waals surface area contributed by atoms with Crippen LogP contribution in [-0.2, 0) is 13.3 Å². The third-order valence-corrected chi connectivity index (χ3v) is 6.34. The number of rotatable bonds is 12. The summed E-state index contributed by atoms with van der Waals surface area (Å²) >= 11 is 0. The van der Waals surface area contributed by atoms with Crippen LogP contribution in [0.25, 0.3) is 0 Å². The van der Waals surface area contributed by atoms with E-state index in [1.807, 2.05) is 39.1 Å². The molecule has 0 saturated carbocycles. The van der Waals surface area contributed by atoms with Crippen molar-refractivity contribution in [2.45, 2.75) is 33.2 Å². The number of hydrogen-bond donors (Lipinski definition) is 0. The van der Waals surface area contributed by atoms with E-state index in [9.17, 15) is 0 Å². The SMILES string of the molecule is C=CN(CCC[Si](OCC)(OCC)OCC)c1ccncc1. The first kappa shape index (κ1) is 18.8. The van der Waals surface area contributed by atoms with Crippen LogP contribution < -0.4 is 4.90 Å². The summed E-state index contributed by atoms with van der Waals surface area (Å²) in [4.78, 5) is 6.14. The zero-order valence-corrected chi connectivity index (χ0v) is 15.0. The first-order valence-electron chi connectivity index (χ1n) is 7.92. The zero-order valence-electron chi connectivity index (χ0n) is 14.0. The molecule has 1 heterocycles. The average Bonchev–Trinajstić information content (AvgIpc) is 2.53. The van der Waals surface area contributed by atoms with E-state index in [-0.39, 0.29) is 0 Å². The molecule has 124 valence electrons. The molecule has 0 aliphatic heterocycles. The molecule has 0 unspecified atom stereocenters. The Balaban J connectivity index is 2.61. The molecule has 22 heavy (non-hydrogen) atoms. The second kappa shape index (κ2) is 10.5. The lowest BCUT2D eigenvalue weighted by molar-refractivity contribution is 0.0710. The molecule has 0 aliphatic carbocycles. The molecule has 1 aromatic rings. The summed E-state index contributed by atoms with van der Waals surface area (Å²) in [6.45, 7) is 12.5. The molecular weight excluding hydrogens is 296 g/mol. The molecule has 0 fully saturated rings. The van der Waals surface area contributed by atoms with Crippen LogP contribution in [0.1, 0.15) is 27.2 Å². The molecule has 0 bridgehead atoms. The molecule has 0 radical (unpaired) electrons. The Morgan fingerprint density at radius 2 is 1.64 bits per heavy atom. The maximum Gasteiger partial charge on any atom is 0.500 e. The van der Waals surface area contributed by atoms with Crippen molar-refractivity contribution < 1.29 is 13.3 Å². The summed E-state index contributed by atoms with van der Waals surface area (Å²) < 4.78 is 17.6. The van der Waals surface area contributed by atoms with E-state index >= 15 is 0 Å². The summed E-state index contributed by atoms with van der Waals surface area (Å²) in [5.41, 5.74) is 1.08. The molecule has 0 atom stereocenters. The van der Waals surface area contributed by atoms with Gasteiger partial charge in [0.1, 0.15) is 0 Å². The van der Waals surface area contributed by atoms with Gasteiger partial charge in [-0.25, -0.2) is 0 Å². The topological polar surface area (TPSA) is 43.8 Å². The zero-order chi connectivity index (χ0) is 16.3. The van der Waals surface area contributed by atoms with Crippen LogP contribution in [0, 0.1) is 0 Å². The van der Waals surface area contributed by atoms with Gasteiger partial charge in [-0.05, 0) is 45.5 Å². The molecule has 0 N–H and O–H groups in total. The van der Waals surface area contributed by atoms with Crippen molar-refractivity contribution in [3.05, 3.63) is 37.3 Å². The van der Waals surface area contributed by atoms with Crippen LogP contribution in [0.15, 0.2) is 37.3 Å². The van der Waals surface area contributed by atoms with Crippen LogP contribution in [0.4, 0.5) is 5.69 Å². The number of nitrogens with zero attached hydrogens (tertiary/aromatic N) is 2.